The molecule has 0 spiro atoms. The van der Waals surface area contributed by atoms with Crippen molar-refractivity contribution >= 4 is 29.3 Å². The van der Waals surface area contributed by atoms with Gasteiger partial charge in [-0.15, -0.1) is 0 Å². The van der Waals surface area contributed by atoms with Gasteiger partial charge in [-0.25, -0.2) is 4.79 Å². The number of nitrogens with zero attached hydrogens (tertiary/aromatic N) is 2. The Morgan fingerprint density at radius 1 is 1.00 bits per heavy atom. The van der Waals surface area contributed by atoms with Crippen molar-refractivity contribution in [3.63, 3.8) is 0 Å². The van der Waals surface area contributed by atoms with Gasteiger partial charge >= 0.3 is 5.97 Å². The van der Waals surface area contributed by atoms with Crippen LogP contribution in [0.2, 0.25) is 5.02 Å². The fraction of sp³-hybridized carbons (Fsp3) is 0.192. The van der Waals surface area contributed by atoms with E-state index in [-0.39, 0.29) is 12.3 Å². The normalized spacial score (nSPS) is 20.4. The van der Waals surface area contributed by atoms with Crippen LogP contribution in [0.5, 0.6) is 0 Å². The van der Waals surface area contributed by atoms with Crippen LogP contribution in [0.4, 0.5) is 0 Å². The highest BCUT2D eigenvalue weighted by Crippen LogP contribution is 2.46. The number of hydrogen-bond acceptors (Lipinski definition) is 4. The Bertz CT molecular complexity index is 1290. The molecule has 0 unspecified atom stereocenters. The number of amidine groups is 1. The number of amides is 1. The number of oxime groups is 1. The summed E-state index contributed by atoms with van der Waals surface area (Å²) in [7, 11) is 0. The minimum absolute atomic E-state index is 0.0941. The van der Waals surface area contributed by atoms with Gasteiger partial charge in [0, 0.05) is 16.1 Å². The zero-order valence-electron chi connectivity index (χ0n) is 18.5. The Balaban J connectivity index is 1.88. The summed E-state index contributed by atoms with van der Waals surface area (Å²) < 4.78 is 0. The topological polar surface area (TPSA) is 116 Å². The largest absolute Gasteiger partial charge is 0.480 e. The molecule has 3 aromatic carbocycles. The third-order valence-corrected chi connectivity index (χ3v) is 6.79. The first kappa shape index (κ1) is 23.3. The summed E-state index contributed by atoms with van der Waals surface area (Å²) >= 11 is 6.46. The number of hydrogen-bond donors (Lipinski definition) is 3. The minimum atomic E-state index is -1.42. The lowest BCUT2D eigenvalue weighted by Gasteiger charge is -2.36. The van der Waals surface area contributed by atoms with Gasteiger partial charge in [0.05, 0.1) is 6.04 Å². The second-order valence-electron chi connectivity index (χ2n) is 8.41. The molecule has 7 nitrogen and oxygen atoms in total. The Labute approximate surface area is 202 Å². The fourth-order valence-corrected chi connectivity index (χ4v) is 4.92. The molecule has 4 rings (SSSR count). The van der Waals surface area contributed by atoms with Gasteiger partial charge in [0.15, 0.2) is 5.84 Å². The van der Waals surface area contributed by atoms with Crippen LogP contribution < -0.4 is 5.73 Å². The number of carboxylic acids is 1. The Hall–Kier alpha value is -3.84. The van der Waals surface area contributed by atoms with Gasteiger partial charge in [-0.2, -0.15) is 0 Å². The Morgan fingerprint density at radius 2 is 1.56 bits per heavy atom. The van der Waals surface area contributed by atoms with E-state index in [1.165, 1.54) is 4.90 Å². The lowest BCUT2D eigenvalue weighted by Crippen LogP contribution is -2.51. The minimum Gasteiger partial charge on any atom is -0.480 e. The monoisotopic (exact) mass is 477 g/mol. The molecule has 4 N–H and O–H groups in total. The average molecular weight is 478 g/mol. The van der Waals surface area contributed by atoms with Gasteiger partial charge in [0.25, 0.3) is 5.91 Å². The second kappa shape index (κ2) is 9.19. The number of nitrogens with two attached hydrogens (primary N) is 1. The van der Waals surface area contributed by atoms with Crippen molar-refractivity contribution in [2.45, 2.75) is 31.3 Å². The van der Waals surface area contributed by atoms with Crippen molar-refractivity contribution in [3.05, 3.63) is 94.5 Å². The van der Waals surface area contributed by atoms with Crippen LogP contribution in [-0.4, -0.2) is 38.5 Å². The first-order valence-corrected chi connectivity index (χ1v) is 11.1. The van der Waals surface area contributed by atoms with Gasteiger partial charge in [0.2, 0.25) is 0 Å². The van der Waals surface area contributed by atoms with Crippen LogP contribution in [0.3, 0.4) is 0 Å². The Morgan fingerprint density at radius 3 is 2.18 bits per heavy atom. The fourth-order valence-electron chi connectivity index (χ4n) is 4.66. The number of carboxylic acid groups (broad SMARTS) is 1. The Kier molecular flexibility index (Phi) is 6.30. The van der Waals surface area contributed by atoms with E-state index in [0.29, 0.717) is 39.3 Å². The van der Waals surface area contributed by atoms with E-state index in [1.54, 1.807) is 67.6 Å². The highest BCUT2D eigenvalue weighted by atomic mass is 35.5. The molecular formula is C26H24ClN3O4. The number of rotatable bonds is 5. The summed E-state index contributed by atoms with van der Waals surface area (Å²) in [5.74, 6) is -1.61. The lowest BCUT2D eigenvalue weighted by atomic mass is 9.92. The number of carbonyl (C=O) groups excluding carboxylic acids is 1. The van der Waals surface area contributed by atoms with Crippen LogP contribution in [0.1, 0.15) is 47.3 Å². The predicted octanol–water partition coefficient (Wildman–Crippen LogP) is 4.92. The molecule has 0 aromatic heterocycles. The molecule has 1 amide bonds. The molecule has 1 heterocycles. The quantitative estimate of drug-likeness (QED) is 0.209. The van der Waals surface area contributed by atoms with Gasteiger partial charge in [0.1, 0.15) is 5.54 Å². The van der Waals surface area contributed by atoms with Crippen LogP contribution in [0.25, 0.3) is 11.1 Å². The van der Waals surface area contributed by atoms with Crippen molar-refractivity contribution in [3.8, 4) is 11.1 Å². The summed E-state index contributed by atoms with van der Waals surface area (Å²) in [5.41, 5.74) is 7.08. The van der Waals surface area contributed by atoms with Crippen molar-refractivity contribution < 1.29 is 19.9 Å². The molecule has 0 radical (unpaired) electrons. The van der Waals surface area contributed by atoms with E-state index in [0.717, 1.165) is 0 Å². The summed E-state index contributed by atoms with van der Waals surface area (Å²) in [6.07, 6.45) is 0.744. The molecule has 0 aliphatic carbocycles. The van der Waals surface area contributed by atoms with Crippen molar-refractivity contribution in [1.82, 2.24) is 4.90 Å². The molecule has 8 heteroatoms. The molecule has 3 aromatic rings. The number of likely N-dealkylation sites (tertiary alicyclic amines) is 1. The van der Waals surface area contributed by atoms with Crippen molar-refractivity contribution in [1.29, 1.82) is 0 Å². The first-order valence-electron chi connectivity index (χ1n) is 10.8. The molecule has 0 saturated carbocycles. The molecule has 174 valence electrons. The maximum Gasteiger partial charge on any atom is 0.329 e. The van der Waals surface area contributed by atoms with Gasteiger partial charge < -0.3 is 20.9 Å². The molecule has 34 heavy (non-hydrogen) atoms. The maximum atomic E-state index is 14.1. The van der Waals surface area contributed by atoms with E-state index in [1.807, 2.05) is 12.1 Å². The molecule has 1 aliphatic rings. The first-order chi connectivity index (χ1) is 16.3. The average Bonchev–Trinajstić information content (AvgIpc) is 3.21. The highest BCUT2D eigenvalue weighted by Gasteiger charge is 2.52. The SMILES string of the molecule is C[C@@]1(C(=O)O)CC[C@H](c2ccccc2Cl)N1C(=O)c1ccccc1-c1ccccc1C(N)=NO. The smallest absolute Gasteiger partial charge is 0.329 e. The molecule has 0 bridgehead atoms. The van der Waals surface area contributed by atoms with Crippen LogP contribution in [-0.2, 0) is 4.79 Å². The van der Waals surface area contributed by atoms with Crippen molar-refractivity contribution in [2.24, 2.45) is 10.9 Å². The van der Waals surface area contributed by atoms with Gasteiger partial charge in [-0.1, -0.05) is 77.4 Å². The number of benzene rings is 3. The van der Waals surface area contributed by atoms with Crippen LogP contribution in [0.15, 0.2) is 78.0 Å². The van der Waals surface area contributed by atoms with E-state index in [4.69, 9.17) is 17.3 Å². The third kappa shape index (κ3) is 3.88. The predicted molar refractivity (Wildman–Crippen MR) is 130 cm³/mol. The van der Waals surface area contributed by atoms with Crippen molar-refractivity contribution in [2.75, 3.05) is 0 Å². The van der Waals surface area contributed by atoms with E-state index in [9.17, 15) is 19.9 Å². The third-order valence-electron chi connectivity index (χ3n) is 6.45. The van der Waals surface area contributed by atoms with Crippen LogP contribution in [0, 0.1) is 0 Å². The number of halogens is 1. The maximum absolute atomic E-state index is 14.1. The molecular weight excluding hydrogens is 454 g/mol. The zero-order valence-corrected chi connectivity index (χ0v) is 19.2. The standard InChI is InChI=1S/C26H24ClN3O4/c1-26(25(32)33)15-14-22(20-12-6-7-13-21(20)27)30(26)24(31)19-11-5-3-9-17(19)16-8-2-4-10-18(16)23(28)29-34/h2-13,22,34H,14-15H2,1H3,(H2,28,29)(H,32,33)/t22-,26+/m1/s1. The zero-order chi connectivity index (χ0) is 24.5. The molecule has 2 atom stereocenters. The highest BCUT2D eigenvalue weighted by molar-refractivity contribution is 6.31. The van der Waals surface area contributed by atoms with E-state index in [2.05, 4.69) is 5.16 Å². The van der Waals surface area contributed by atoms with Gasteiger partial charge in [-0.05, 0) is 48.6 Å². The van der Waals surface area contributed by atoms with E-state index < -0.39 is 23.5 Å². The molecule has 1 fully saturated rings. The summed E-state index contributed by atoms with van der Waals surface area (Å²) in [6, 6.07) is 20.6. The summed E-state index contributed by atoms with van der Waals surface area (Å²) in [5, 5.41) is 22.9. The molecule has 1 saturated heterocycles. The summed E-state index contributed by atoms with van der Waals surface area (Å²) in [6.45, 7) is 1.57. The number of aliphatic carboxylic acids is 1. The second-order valence-corrected chi connectivity index (χ2v) is 8.81. The lowest BCUT2D eigenvalue weighted by molar-refractivity contribution is -0.147. The number of carbonyl (C=O) groups is 2. The van der Waals surface area contributed by atoms with E-state index >= 15 is 0 Å². The summed E-state index contributed by atoms with van der Waals surface area (Å²) in [4.78, 5) is 27.9. The van der Waals surface area contributed by atoms with Crippen LogP contribution >= 0.6 is 11.6 Å². The molecule has 1 aliphatic heterocycles. The van der Waals surface area contributed by atoms with Gasteiger partial charge in [-0.3, -0.25) is 4.79 Å².